The second-order valence-corrected chi connectivity index (χ2v) is 5.05. The fourth-order valence-corrected chi connectivity index (χ4v) is 3.31. The van der Waals surface area contributed by atoms with E-state index in [1.165, 1.54) is 11.3 Å². The Bertz CT molecular complexity index is 428. The van der Waals surface area contributed by atoms with Gasteiger partial charge in [0.25, 0.3) is 0 Å². The summed E-state index contributed by atoms with van der Waals surface area (Å²) < 4.78 is 0. The molecule has 4 nitrogen and oxygen atoms in total. The zero-order chi connectivity index (χ0) is 11.8. The molecule has 0 unspecified atom stereocenters. The molecule has 1 N–H and O–H groups in total. The molecule has 1 saturated carbocycles. The highest BCUT2D eigenvalue weighted by Crippen LogP contribution is 2.41. The van der Waals surface area contributed by atoms with Crippen LogP contribution in [-0.4, -0.2) is 21.8 Å². The first-order chi connectivity index (χ1) is 7.56. The molecule has 1 fully saturated rings. The molecule has 0 atom stereocenters. The van der Waals surface area contributed by atoms with E-state index in [-0.39, 0.29) is 5.78 Å². The minimum atomic E-state index is -0.876. The molecule has 1 aromatic rings. The summed E-state index contributed by atoms with van der Waals surface area (Å²) in [7, 11) is 0. The van der Waals surface area contributed by atoms with Crippen LogP contribution in [0.4, 0.5) is 0 Å². The summed E-state index contributed by atoms with van der Waals surface area (Å²) in [6.07, 6.45) is 1.54. The number of carboxylic acid groups (broad SMARTS) is 1. The second-order valence-electron chi connectivity index (χ2n) is 4.19. The minimum absolute atomic E-state index is 0.166. The van der Waals surface area contributed by atoms with Gasteiger partial charge in [-0.15, -0.1) is 11.3 Å². The monoisotopic (exact) mass is 239 g/mol. The van der Waals surface area contributed by atoms with Crippen molar-refractivity contribution in [1.82, 2.24) is 4.98 Å². The summed E-state index contributed by atoms with van der Waals surface area (Å²) in [4.78, 5) is 27.6. The number of rotatable bonds is 2. The summed E-state index contributed by atoms with van der Waals surface area (Å²) in [6, 6.07) is 0. The fraction of sp³-hybridized carbons (Fsp3) is 0.545. The first-order valence-corrected chi connectivity index (χ1v) is 6.10. The zero-order valence-corrected chi connectivity index (χ0v) is 9.84. The van der Waals surface area contributed by atoms with Crippen LogP contribution in [0.2, 0.25) is 0 Å². The molecule has 0 saturated heterocycles. The third kappa shape index (κ3) is 1.65. The van der Waals surface area contributed by atoms with E-state index in [4.69, 9.17) is 0 Å². The maximum absolute atomic E-state index is 11.5. The molecule has 1 heterocycles. The topological polar surface area (TPSA) is 67.3 Å². The van der Waals surface area contributed by atoms with Gasteiger partial charge in [-0.2, -0.15) is 0 Å². The van der Waals surface area contributed by atoms with Crippen LogP contribution in [0, 0.1) is 6.92 Å². The zero-order valence-electron chi connectivity index (χ0n) is 9.02. The fourth-order valence-electron chi connectivity index (χ4n) is 2.25. The molecule has 2 rings (SSSR count). The van der Waals surface area contributed by atoms with E-state index >= 15 is 0 Å². The number of ketones is 1. The predicted molar refractivity (Wildman–Crippen MR) is 59.6 cm³/mol. The Labute approximate surface area is 97.3 Å². The number of thiazole rings is 1. The van der Waals surface area contributed by atoms with Crippen molar-refractivity contribution in [3.05, 3.63) is 16.1 Å². The largest absolute Gasteiger partial charge is 0.481 e. The van der Waals surface area contributed by atoms with Crippen molar-refractivity contribution >= 4 is 23.1 Å². The van der Waals surface area contributed by atoms with Crippen molar-refractivity contribution in [1.29, 1.82) is 0 Å². The Balaban J connectivity index is 2.41. The molecule has 1 aliphatic carbocycles. The number of carbonyl (C=O) groups excluding carboxylic acids is 1. The minimum Gasteiger partial charge on any atom is -0.481 e. The van der Waals surface area contributed by atoms with Crippen molar-refractivity contribution in [3.8, 4) is 0 Å². The van der Waals surface area contributed by atoms with Gasteiger partial charge in [-0.3, -0.25) is 9.59 Å². The quantitative estimate of drug-likeness (QED) is 0.856. The van der Waals surface area contributed by atoms with Gasteiger partial charge in [-0.25, -0.2) is 4.98 Å². The van der Waals surface area contributed by atoms with E-state index in [2.05, 4.69) is 4.98 Å². The van der Waals surface area contributed by atoms with Crippen molar-refractivity contribution in [2.24, 2.45) is 0 Å². The number of carbonyl (C=O) groups is 2. The van der Waals surface area contributed by atoms with Crippen LogP contribution in [0.15, 0.2) is 5.51 Å². The molecule has 0 aromatic carbocycles. The number of hydrogen-bond donors (Lipinski definition) is 1. The molecule has 0 amide bonds. The van der Waals surface area contributed by atoms with Crippen molar-refractivity contribution in [2.45, 2.75) is 38.0 Å². The van der Waals surface area contributed by atoms with Crippen LogP contribution in [-0.2, 0) is 15.0 Å². The smallest absolute Gasteiger partial charge is 0.315 e. The Hall–Kier alpha value is -1.23. The second kappa shape index (κ2) is 3.97. The van der Waals surface area contributed by atoms with Gasteiger partial charge < -0.3 is 5.11 Å². The number of hydrogen-bond acceptors (Lipinski definition) is 4. The summed E-state index contributed by atoms with van der Waals surface area (Å²) in [5.74, 6) is -0.661. The third-order valence-corrected chi connectivity index (χ3v) is 4.38. The van der Waals surface area contributed by atoms with Gasteiger partial charge >= 0.3 is 5.97 Å². The van der Waals surface area contributed by atoms with Crippen LogP contribution in [0.1, 0.15) is 36.3 Å². The molecule has 0 bridgehead atoms. The van der Waals surface area contributed by atoms with E-state index in [1.54, 1.807) is 5.51 Å². The van der Waals surface area contributed by atoms with Gasteiger partial charge in [0.15, 0.2) is 0 Å². The molecule has 5 heteroatoms. The van der Waals surface area contributed by atoms with Crippen LogP contribution in [0.25, 0.3) is 0 Å². The number of nitrogens with zero attached hydrogens (tertiary/aromatic N) is 1. The van der Waals surface area contributed by atoms with Gasteiger partial charge in [-0.1, -0.05) is 0 Å². The Morgan fingerprint density at radius 2 is 2.12 bits per heavy atom. The highest BCUT2D eigenvalue weighted by atomic mass is 32.1. The highest BCUT2D eigenvalue weighted by Gasteiger charge is 2.45. The summed E-state index contributed by atoms with van der Waals surface area (Å²) in [5, 5.41) is 9.44. The number of carboxylic acids is 1. The van der Waals surface area contributed by atoms with Gasteiger partial charge in [0, 0.05) is 17.7 Å². The molecule has 0 spiro atoms. The van der Waals surface area contributed by atoms with Gasteiger partial charge in [0.1, 0.15) is 11.2 Å². The van der Waals surface area contributed by atoms with Gasteiger partial charge in [-0.05, 0) is 19.8 Å². The maximum atomic E-state index is 11.5. The molecule has 0 radical (unpaired) electrons. The summed E-state index contributed by atoms with van der Waals surface area (Å²) >= 11 is 1.38. The molecular weight excluding hydrogens is 226 g/mol. The lowest BCUT2D eigenvalue weighted by atomic mass is 9.72. The molecule has 1 aliphatic rings. The molecule has 1 aromatic heterocycles. The van der Waals surface area contributed by atoms with E-state index in [1.807, 2.05) is 6.92 Å². The first-order valence-electron chi connectivity index (χ1n) is 5.22. The average Bonchev–Trinajstić information content (AvgIpc) is 2.66. The Morgan fingerprint density at radius 3 is 2.56 bits per heavy atom. The average molecular weight is 239 g/mol. The third-order valence-electron chi connectivity index (χ3n) is 3.25. The summed E-state index contributed by atoms with van der Waals surface area (Å²) in [5.41, 5.74) is 1.58. The lowest BCUT2D eigenvalue weighted by Crippen LogP contribution is -2.39. The number of Topliss-reactive ketones (excluding diaryl/α,β-unsaturated/α-hetero) is 1. The van der Waals surface area contributed by atoms with Crippen LogP contribution in [0.5, 0.6) is 0 Å². The van der Waals surface area contributed by atoms with Crippen LogP contribution < -0.4 is 0 Å². The van der Waals surface area contributed by atoms with E-state index < -0.39 is 11.4 Å². The number of aliphatic carboxylic acids is 1. The Kier molecular flexibility index (Phi) is 2.80. The Morgan fingerprint density at radius 1 is 1.50 bits per heavy atom. The first kappa shape index (κ1) is 11.3. The molecule has 86 valence electrons. The van der Waals surface area contributed by atoms with Crippen molar-refractivity contribution < 1.29 is 14.7 Å². The van der Waals surface area contributed by atoms with Crippen LogP contribution >= 0.6 is 11.3 Å². The van der Waals surface area contributed by atoms with Crippen molar-refractivity contribution in [2.75, 3.05) is 0 Å². The van der Waals surface area contributed by atoms with E-state index in [0.29, 0.717) is 25.7 Å². The molecule has 16 heavy (non-hydrogen) atoms. The normalized spacial score (nSPS) is 19.7. The molecule has 0 aliphatic heterocycles. The van der Waals surface area contributed by atoms with Crippen molar-refractivity contribution in [3.63, 3.8) is 0 Å². The maximum Gasteiger partial charge on any atom is 0.315 e. The lowest BCUT2D eigenvalue weighted by Gasteiger charge is -2.31. The lowest BCUT2D eigenvalue weighted by molar-refractivity contribution is -0.145. The van der Waals surface area contributed by atoms with Crippen LogP contribution in [0.3, 0.4) is 0 Å². The van der Waals surface area contributed by atoms with Gasteiger partial charge in [0.05, 0.1) is 11.2 Å². The van der Waals surface area contributed by atoms with E-state index in [9.17, 15) is 14.7 Å². The molecular formula is C11H13NO3S. The van der Waals surface area contributed by atoms with Gasteiger partial charge in [0.2, 0.25) is 0 Å². The SMILES string of the molecule is Cc1ncsc1C1(C(=O)O)CCC(=O)CC1. The predicted octanol–water partition coefficient (Wildman–Crippen LogP) is 1.92. The number of aromatic nitrogens is 1. The standard InChI is InChI=1S/C11H13NO3S/c1-7-9(16-6-12-7)11(10(14)15)4-2-8(13)3-5-11/h6H,2-5H2,1H3,(H,14,15). The summed E-state index contributed by atoms with van der Waals surface area (Å²) in [6.45, 7) is 1.83. The van der Waals surface area contributed by atoms with E-state index in [0.717, 1.165) is 10.6 Å². The highest BCUT2D eigenvalue weighted by molar-refractivity contribution is 7.10. The number of aryl methyl sites for hydroxylation is 1.